The van der Waals surface area contributed by atoms with Crippen molar-refractivity contribution in [3.8, 4) is 0 Å². The zero-order valence-electron chi connectivity index (χ0n) is 12.0. The van der Waals surface area contributed by atoms with Crippen molar-refractivity contribution in [1.82, 2.24) is 0 Å². The van der Waals surface area contributed by atoms with Gasteiger partial charge in [0.05, 0.1) is 32.3 Å². The maximum absolute atomic E-state index is 5.47. The topological polar surface area (TPSA) is 18.1 Å². The normalized spacial score (nSPS) is 28.4. The first kappa shape index (κ1) is 14.5. The lowest BCUT2D eigenvalue weighted by atomic mass is 10.0. The minimum atomic E-state index is 0.877. The van der Waals surface area contributed by atoms with Crippen molar-refractivity contribution in [2.24, 2.45) is 0 Å². The predicted molar refractivity (Wildman–Crippen MR) is 83.1 cm³/mol. The predicted octanol–water partition coefficient (Wildman–Crippen LogP) is -0.0885. The lowest BCUT2D eigenvalue weighted by Crippen LogP contribution is -3.21. The first-order valence-electron chi connectivity index (χ1n) is 7.82. The van der Waals surface area contributed by atoms with Gasteiger partial charge in [0.1, 0.15) is 19.6 Å². The SMILES string of the molecule is Brc1ccccc1C[NH+]1CCC([NH+]2CCOCC2)CC1. The van der Waals surface area contributed by atoms with Crippen LogP contribution in [0.2, 0.25) is 0 Å². The number of benzene rings is 1. The summed E-state index contributed by atoms with van der Waals surface area (Å²) in [6.07, 6.45) is 2.74. The number of morpholine rings is 1. The van der Waals surface area contributed by atoms with Gasteiger partial charge >= 0.3 is 0 Å². The second-order valence-electron chi connectivity index (χ2n) is 6.06. The molecule has 0 aromatic heterocycles. The third-order valence-corrected chi connectivity index (χ3v) is 5.58. The summed E-state index contributed by atoms with van der Waals surface area (Å²) in [5.74, 6) is 0. The first-order valence-corrected chi connectivity index (χ1v) is 8.61. The fraction of sp³-hybridized carbons (Fsp3) is 0.625. The van der Waals surface area contributed by atoms with Crippen LogP contribution in [0.3, 0.4) is 0 Å². The molecule has 2 saturated heterocycles. The van der Waals surface area contributed by atoms with Gasteiger partial charge in [-0.15, -0.1) is 0 Å². The van der Waals surface area contributed by atoms with E-state index < -0.39 is 0 Å². The second-order valence-corrected chi connectivity index (χ2v) is 6.92. The van der Waals surface area contributed by atoms with Gasteiger partial charge in [0, 0.05) is 22.9 Å². The van der Waals surface area contributed by atoms with E-state index in [9.17, 15) is 0 Å². The Morgan fingerprint density at radius 1 is 1.05 bits per heavy atom. The van der Waals surface area contributed by atoms with Crippen molar-refractivity contribution in [2.75, 3.05) is 39.4 Å². The van der Waals surface area contributed by atoms with Crippen molar-refractivity contribution < 1.29 is 14.5 Å². The average Bonchev–Trinajstić information content (AvgIpc) is 2.51. The van der Waals surface area contributed by atoms with Gasteiger partial charge in [0.25, 0.3) is 0 Å². The van der Waals surface area contributed by atoms with Crippen LogP contribution in [0.15, 0.2) is 28.7 Å². The Kier molecular flexibility index (Phi) is 5.10. The molecule has 20 heavy (non-hydrogen) atoms. The minimum Gasteiger partial charge on any atom is -0.370 e. The van der Waals surface area contributed by atoms with Gasteiger partial charge < -0.3 is 14.5 Å². The molecule has 0 spiro atoms. The molecule has 2 aliphatic rings. The van der Waals surface area contributed by atoms with E-state index in [1.54, 1.807) is 9.80 Å². The summed E-state index contributed by atoms with van der Waals surface area (Å²) in [7, 11) is 0. The van der Waals surface area contributed by atoms with Crippen LogP contribution in [0.5, 0.6) is 0 Å². The lowest BCUT2D eigenvalue weighted by Gasteiger charge is -2.36. The van der Waals surface area contributed by atoms with Gasteiger partial charge in [-0.25, -0.2) is 0 Å². The van der Waals surface area contributed by atoms with Crippen molar-refractivity contribution >= 4 is 15.9 Å². The van der Waals surface area contributed by atoms with E-state index in [2.05, 4.69) is 40.2 Å². The van der Waals surface area contributed by atoms with E-state index in [1.807, 2.05) is 0 Å². The van der Waals surface area contributed by atoms with Crippen LogP contribution in [0, 0.1) is 0 Å². The Morgan fingerprint density at radius 3 is 2.45 bits per heavy atom. The molecular formula is C16H25BrN2O+2. The molecule has 110 valence electrons. The molecule has 0 atom stereocenters. The van der Waals surface area contributed by atoms with Gasteiger partial charge in [-0.05, 0) is 6.07 Å². The molecule has 0 aliphatic carbocycles. The summed E-state index contributed by atoms with van der Waals surface area (Å²) >= 11 is 3.67. The van der Waals surface area contributed by atoms with Gasteiger partial charge in [0.2, 0.25) is 0 Å². The highest BCUT2D eigenvalue weighted by atomic mass is 79.9. The highest BCUT2D eigenvalue weighted by Gasteiger charge is 2.30. The number of hydrogen-bond donors (Lipinski definition) is 2. The number of piperidine rings is 1. The van der Waals surface area contributed by atoms with Crippen LogP contribution in [-0.4, -0.2) is 45.4 Å². The van der Waals surface area contributed by atoms with E-state index in [4.69, 9.17) is 4.74 Å². The van der Waals surface area contributed by atoms with E-state index in [0.717, 1.165) is 25.8 Å². The van der Waals surface area contributed by atoms with Crippen LogP contribution in [0.25, 0.3) is 0 Å². The first-order chi connectivity index (χ1) is 9.83. The maximum atomic E-state index is 5.47. The van der Waals surface area contributed by atoms with Gasteiger partial charge in [-0.2, -0.15) is 0 Å². The smallest absolute Gasteiger partial charge is 0.104 e. The number of nitrogens with one attached hydrogen (secondary N) is 2. The minimum absolute atomic E-state index is 0.877. The van der Waals surface area contributed by atoms with E-state index in [0.29, 0.717) is 0 Å². The molecule has 0 bridgehead atoms. The number of likely N-dealkylation sites (tertiary alicyclic amines) is 1. The Morgan fingerprint density at radius 2 is 1.75 bits per heavy atom. The number of halogens is 1. The van der Waals surface area contributed by atoms with Gasteiger partial charge in [0.15, 0.2) is 0 Å². The molecule has 0 unspecified atom stereocenters. The molecule has 0 saturated carbocycles. The highest BCUT2D eigenvalue weighted by Crippen LogP contribution is 2.14. The van der Waals surface area contributed by atoms with E-state index >= 15 is 0 Å². The summed E-state index contributed by atoms with van der Waals surface area (Å²) < 4.78 is 6.73. The van der Waals surface area contributed by atoms with Crippen LogP contribution in [-0.2, 0) is 11.3 Å². The monoisotopic (exact) mass is 340 g/mol. The molecule has 4 heteroatoms. The fourth-order valence-electron chi connectivity index (χ4n) is 3.56. The van der Waals surface area contributed by atoms with Crippen molar-refractivity contribution in [2.45, 2.75) is 25.4 Å². The molecule has 0 amide bonds. The molecule has 2 N–H and O–H groups in total. The van der Waals surface area contributed by atoms with Crippen LogP contribution in [0.1, 0.15) is 18.4 Å². The summed E-state index contributed by atoms with van der Waals surface area (Å²) in [6.45, 7) is 8.13. The quantitative estimate of drug-likeness (QED) is 0.787. The molecular weight excluding hydrogens is 316 g/mol. The highest BCUT2D eigenvalue weighted by molar-refractivity contribution is 9.10. The van der Waals surface area contributed by atoms with E-state index in [-0.39, 0.29) is 0 Å². The van der Waals surface area contributed by atoms with Gasteiger partial charge in [-0.3, -0.25) is 0 Å². The van der Waals surface area contributed by atoms with Crippen molar-refractivity contribution in [3.05, 3.63) is 34.3 Å². The molecule has 0 radical (unpaired) electrons. The Bertz CT molecular complexity index is 426. The molecule has 2 aliphatic heterocycles. The number of rotatable bonds is 3. The summed E-state index contributed by atoms with van der Waals surface area (Å²) in [5, 5.41) is 0. The van der Waals surface area contributed by atoms with Crippen molar-refractivity contribution in [1.29, 1.82) is 0 Å². The molecule has 2 heterocycles. The van der Waals surface area contributed by atoms with Crippen molar-refractivity contribution in [3.63, 3.8) is 0 Å². The summed E-state index contributed by atoms with van der Waals surface area (Å²) in [6, 6.07) is 9.51. The zero-order valence-corrected chi connectivity index (χ0v) is 13.6. The molecule has 2 fully saturated rings. The molecule has 3 rings (SSSR count). The third-order valence-electron chi connectivity index (χ3n) is 4.80. The Balaban J connectivity index is 1.50. The maximum Gasteiger partial charge on any atom is 0.104 e. The van der Waals surface area contributed by atoms with Crippen LogP contribution in [0.4, 0.5) is 0 Å². The molecule has 3 nitrogen and oxygen atoms in total. The number of hydrogen-bond acceptors (Lipinski definition) is 1. The standard InChI is InChI=1S/C16H23BrN2O/c17-16-4-2-1-3-14(16)13-18-7-5-15(6-8-18)19-9-11-20-12-10-19/h1-4,15H,5-13H2/p+2. The summed E-state index contributed by atoms with van der Waals surface area (Å²) in [5.41, 5.74) is 1.44. The second kappa shape index (κ2) is 7.03. The van der Waals surface area contributed by atoms with Crippen LogP contribution < -0.4 is 9.80 Å². The van der Waals surface area contributed by atoms with E-state index in [1.165, 1.54) is 49.1 Å². The largest absolute Gasteiger partial charge is 0.370 e. The van der Waals surface area contributed by atoms with Crippen LogP contribution >= 0.6 is 15.9 Å². The molecule has 1 aromatic rings. The lowest BCUT2D eigenvalue weighted by molar-refractivity contribution is -0.967. The molecule has 1 aromatic carbocycles. The fourth-order valence-corrected chi connectivity index (χ4v) is 3.99. The van der Waals surface area contributed by atoms with Gasteiger partial charge in [-0.1, -0.05) is 34.1 Å². The Labute approximate surface area is 130 Å². The average molecular weight is 341 g/mol. The Hall–Kier alpha value is -0.420. The number of quaternary nitrogens is 2. The number of ether oxygens (including phenoxy) is 1. The third kappa shape index (κ3) is 3.61. The summed E-state index contributed by atoms with van der Waals surface area (Å²) in [4.78, 5) is 3.53. The zero-order chi connectivity index (χ0) is 13.8.